The van der Waals surface area contributed by atoms with Crippen LogP contribution in [0.15, 0.2) is 120 Å². The van der Waals surface area contributed by atoms with Crippen molar-refractivity contribution in [1.29, 1.82) is 0 Å². The Labute approximate surface area is 334 Å². The van der Waals surface area contributed by atoms with E-state index in [0.29, 0.717) is 5.92 Å². The predicted molar refractivity (Wildman–Crippen MR) is 204 cm³/mol. The van der Waals surface area contributed by atoms with Gasteiger partial charge < -0.3 is 24.8 Å². The van der Waals surface area contributed by atoms with Gasteiger partial charge in [-0.1, -0.05) is 196 Å². The van der Waals surface area contributed by atoms with Crippen LogP contribution in [0, 0.1) is 17.4 Å². The Kier molecular flexibility index (Phi) is 13.3. The van der Waals surface area contributed by atoms with Crippen molar-refractivity contribution in [1.82, 2.24) is 0 Å². The standard InChI is InChI=1S/C26H29.C21H25.2ClH.Zr/c1-5-6-13-19-18-22-24(25(2,3)4)23(19)26(22,20-14-9-7-10-15-20)21-16-11-8-12-17-21;1-20(2,3)16-7-9-18-14(12-16)11-15-13-17(21(4,5)6)8-10-19(15)18;;;/h7-12,14-17,19H,5-6,13H2,1-4H3;7-13H,1-6H3;2*1H;/q2*-1;;;+4/p-2. The fraction of sp³-hybridized carbons (Fsp3) is 0.383. The van der Waals surface area contributed by atoms with Crippen molar-refractivity contribution >= 4 is 21.5 Å². The maximum absolute atomic E-state index is 3.95. The minimum atomic E-state index is -0.0798. The zero-order chi connectivity index (χ0) is 33.8. The minimum Gasteiger partial charge on any atom is -1.00 e. The average molecular weight is 781 g/mol. The van der Waals surface area contributed by atoms with Crippen LogP contribution < -0.4 is 24.8 Å². The van der Waals surface area contributed by atoms with Crippen molar-refractivity contribution in [2.45, 2.75) is 105 Å². The Morgan fingerprint density at radius 1 is 0.620 bits per heavy atom. The fourth-order valence-corrected chi connectivity index (χ4v) is 7.95. The summed E-state index contributed by atoms with van der Waals surface area (Å²) in [4.78, 5) is 0. The second kappa shape index (κ2) is 15.7. The summed E-state index contributed by atoms with van der Waals surface area (Å²) >= 11 is 0. The SMILES string of the molecule is CC(C)(C)c1ccc2c(c1)[cH-]c1cc(C(C)(C)C)ccc12.CCCCC1[C-]=C2C(C(C)(C)C)=C1C2(c1ccccc1)c1ccccc1.[Cl-].[Cl-].[Zr+4]. The quantitative estimate of drug-likeness (QED) is 0.166. The van der Waals surface area contributed by atoms with Crippen molar-refractivity contribution in [3.05, 3.63) is 148 Å². The Morgan fingerprint density at radius 2 is 1.06 bits per heavy atom. The molecule has 3 aliphatic rings. The normalized spacial score (nSPS) is 16.4. The van der Waals surface area contributed by atoms with Gasteiger partial charge >= 0.3 is 26.2 Å². The van der Waals surface area contributed by atoms with Crippen LogP contribution in [0.4, 0.5) is 0 Å². The average Bonchev–Trinajstić information content (AvgIpc) is 3.69. The molecule has 0 nitrogen and oxygen atoms in total. The van der Waals surface area contributed by atoms with E-state index in [4.69, 9.17) is 0 Å². The first-order valence-corrected chi connectivity index (χ1v) is 17.8. The minimum absolute atomic E-state index is 0. The maximum atomic E-state index is 3.95. The number of hydrogen-bond acceptors (Lipinski definition) is 0. The van der Waals surface area contributed by atoms with Gasteiger partial charge in [-0.15, -0.1) is 45.3 Å². The molecule has 8 rings (SSSR count). The van der Waals surface area contributed by atoms with Crippen LogP contribution in [0.5, 0.6) is 0 Å². The Bertz CT molecular complexity index is 1850. The molecule has 0 N–H and O–H groups in total. The third-order valence-corrected chi connectivity index (χ3v) is 10.4. The Morgan fingerprint density at radius 3 is 1.44 bits per heavy atom. The molecule has 50 heavy (non-hydrogen) atoms. The topological polar surface area (TPSA) is 0 Å². The molecule has 260 valence electrons. The fourth-order valence-electron chi connectivity index (χ4n) is 7.95. The molecule has 1 atom stereocenters. The van der Waals surface area contributed by atoms with Crippen LogP contribution in [0.3, 0.4) is 0 Å². The van der Waals surface area contributed by atoms with Gasteiger partial charge in [-0.05, 0) is 22.0 Å². The van der Waals surface area contributed by atoms with Crippen LogP contribution >= 0.6 is 0 Å². The van der Waals surface area contributed by atoms with Crippen molar-refractivity contribution < 1.29 is 51.0 Å². The number of benzene rings is 4. The van der Waals surface area contributed by atoms with Crippen LogP contribution in [0.25, 0.3) is 21.5 Å². The number of unbranched alkanes of at least 4 members (excludes halogenated alkanes) is 1. The van der Waals surface area contributed by atoms with Gasteiger partial charge in [0.15, 0.2) is 0 Å². The molecule has 5 aromatic carbocycles. The molecule has 0 aromatic heterocycles. The van der Waals surface area contributed by atoms with Crippen molar-refractivity contribution in [2.24, 2.45) is 11.3 Å². The van der Waals surface area contributed by atoms with Gasteiger partial charge in [-0.2, -0.15) is 5.57 Å². The van der Waals surface area contributed by atoms with Crippen molar-refractivity contribution in [3.8, 4) is 0 Å². The van der Waals surface area contributed by atoms with Crippen LogP contribution in [0.2, 0.25) is 0 Å². The number of fused-ring (bicyclic) bond motifs is 4. The molecule has 0 aliphatic heterocycles. The third-order valence-electron chi connectivity index (χ3n) is 10.4. The van der Waals surface area contributed by atoms with Gasteiger partial charge in [0.2, 0.25) is 0 Å². The summed E-state index contributed by atoms with van der Waals surface area (Å²) in [6, 6.07) is 38.3. The second-order valence-electron chi connectivity index (χ2n) is 17.0. The van der Waals surface area contributed by atoms with Crippen LogP contribution in [0.1, 0.15) is 111 Å². The third kappa shape index (κ3) is 7.59. The molecule has 0 saturated carbocycles. The molecular formula is C47H54Cl2Zr. The molecule has 0 heterocycles. The monoisotopic (exact) mass is 778 g/mol. The molecule has 0 radical (unpaired) electrons. The summed E-state index contributed by atoms with van der Waals surface area (Å²) in [5.41, 5.74) is 10.7. The van der Waals surface area contributed by atoms with E-state index in [2.05, 4.69) is 178 Å². The molecule has 0 amide bonds. The smallest absolute Gasteiger partial charge is 1.00 e. The zero-order valence-electron chi connectivity index (χ0n) is 31.8. The van der Waals surface area contributed by atoms with E-state index in [1.807, 2.05) is 0 Å². The van der Waals surface area contributed by atoms with Crippen molar-refractivity contribution in [3.63, 3.8) is 0 Å². The molecule has 0 spiro atoms. The van der Waals surface area contributed by atoms with E-state index in [0.717, 1.165) is 0 Å². The predicted octanol–water partition coefficient (Wildman–Crippen LogP) is 7.19. The van der Waals surface area contributed by atoms with E-state index >= 15 is 0 Å². The Balaban J connectivity index is 0.000000260. The molecule has 3 heteroatoms. The maximum Gasteiger partial charge on any atom is 4.00 e. The molecule has 0 fully saturated rings. The van der Waals surface area contributed by atoms with E-state index in [1.54, 1.807) is 11.1 Å². The molecule has 5 aromatic rings. The number of rotatable bonds is 5. The number of hydrogen-bond donors (Lipinski definition) is 0. The zero-order valence-corrected chi connectivity index (χ0v) is 35.7. The number of halogens is 2. The first-order valence-electron chi connectivity index (χ1n) is 17.8. The summed E-state index contributed by atoms with van der Waals surface area (Å²) in [5.74, 6) is 0.472. The summed E-state index contributed by atoms with van der Waals surface area (Å²) in [6.07, 6.45) is 7.68. The van der Waals surface area contributed by atoms with E-state index < -0.39 is 0 Å². The van der Waals surface area contributed by atoms with E-state index in [-0.39, 0.29) is 72.7 Å². The van der Waals surface area contributed by atoms with E-state index in [1.165, 1.54) is 68.6 Å². The Hall–Kier alpha value is -2.31. The van der Waals surface area contributed by atoms with Gasteiger partial charge in [-0.25, -0.2) is 5.57 Å². The second-order valence-corrected chi connectivity index (χ2v) is 17.0. The molecule has 0 saturated heterocycles. The first kappa shape index (κ1) is 42.1. The summed E-state index contributed by atoms with van der Waals surface area (Å²) < 4.78 is 0. The van der Waals surface area contributed by atoms with Gasteiger partial charge in [0.1, 0.15) is 0 Å². The van der Waals surface area contributed by atoms with Crippen LogP contribution in [-0.4, -0.2) is 0 Å². The summed E-state index contributed by atoms with van der Waals surface area (Å²) in [6.45, 7) is 23.0. The summed E-state index contributed by atoms with van der Waals surface area (Å²) in [5, 5.41) is 5.48. The van der Waals surface area contributed by atoms with Crippen molar-refractivity contribution in [2.75, 3.05) is 0 Å². The number of allylic oxidation sites excluding steroid dienone is 4. The molecule has 1 unspecified atom stereocenters. The first-order chi connectivity index (χ1) is 22.2. The summed E-state index contributed by atoms with van der Waals surface area (Å²) in [7, 11) is 0. The molecule has 3 aliphatic carbocycles. The largest absolute Gasteiger partial charge is 4.00 e. The molecule has 2 bridgehead atoms. The van der Waals surface area contributed by atoms with Gasteiger partial charge in [0.05, 0.1) is 0 Å². The van der Waals surface area contributed by atoms with Gasteiger partial charge in [-0.3, -0.25) is 6.08 Å². The van der Waals surface area contributed by atoms with Crippen LogP contribution in [-0.2, 0) is 42.4 Å². The van der Waals surface area contributed by atoms with Gasteiger partial charge in [0.25, 0.3) is 0 Å². The molecular weight excluding hydrogens is 727 g/mol. The van der Waals surface area contributed by atoms with E-state index in [9.17, 15) is 0 Å². The van der Waals surface area contributed by atoms with Gasteiger partial charge in [0, 0.05) is 5.41 Å².